The van der Waals surface area contributed by atoms with Gasteiger partial charge in [0.1, 0.15) is 6.61 Å². The van der Waals surface area contributed by atoms with E-state index in [4.69, 9.17) is 9.47 Å². The minimum Gasteiger partial charge on any atom is -0.493 e. The van der Waals surface area contributed by atoms with E-state index in [2.05, 4.69) is 46.6 Å². The number of ether oxygens (including phenoxy) is 2. The van der Waals surface area contributed by atoms with Crippen LogP contribution in [0.15, 0.2) is 53.6 Å². The predicted molar refractivity (Wildman–Crippen MR) is 112 cm³/mol. The van der Waals surface area contributed by atoms with Crippen molar-refractivity contribution in [3.8, 4) is 11.5 Å². The third-order valence-electron chi connectivity index (χ3n) is 5.64. The summed E-state index contributed by atoms with van der Waals surface area (Å²) in [6.07, 6.45) is 2.25. The van der Waals surface area contributed by atoms with Gasteiger partial charge in [-0.25, -0.2) is 0 Å². The average Bonchev–Trinajstić information content (AvgIpc) is 3.16. The quantitative estimate of drug-likeness (QED) is 0.790. The molecule has 0 radical (unpaired) electrons. The lowest BCUT2D eigenvalue weighted by molar-refractivity contribution is 0.228. The van der Waals surface area contributed by atoms with Crippen molar-refractivity contribution in [2.45, 2.75) is 32.4 Å². The second-order valence-corrected chi connectivity index (χ2v) is 7.55. The Hall–Kier alpha value is -2.53. The summed E-state index contributed by atoms with van der Waals surface area (Å²) in [5.74, 6) is 1.97. The summed E-state index contributed by atoms with van der Waals surface area (Å²) in [6.45, 7) is 6.12. The molecule has 1 saturated heterocycles. The van der Waals surface area contributed by atoms with Crippen molar-refractivity contribution >= 4 is 5.71 Å². The zero-order valence-corrected chi connectivity index (χ0v) is 16.7. The molecule has 2 aromatic rings. The minimum absolute atomic E-state index is 0.201. The highest BCUT2D eigenvalue weighted by Gasteiger charge is 2.37. The lowest BCUT2D eigenvalue weighted by Crippen LogP contribution is -2.42. The molecule has 5 nitrogen and oxygen atoms in total. The summed E-state index contributed by atoms with van der Waals surface area (Å²) >= 11 is 0. The molecule has 2 aliphatic heterocycles. The fourth-order valence-electron chi connectivity index (χ4n) is 4.17. The molecule has 2 aliphatic rings. The summed E-state index contributed by atoms with van der Waals surface area (Å²) in [4.78, 5) is 2.55. The first-order valence-corrected chi connectivity index (χ1v) is 10.2. The van der Waals surface area contributed by atoms with Gasteiger partial charge in [0.2, 0.25) is 0 Å². The fourth-order valence-corrected chi connectivity index (χ4v) is 4.17. The Morgan fingerprint density at radius 3 is 2.79 bits per heavy atom. The lowest BCUT2D eigenvalue weighted by atomic mass is 9.86. The van der Waals surface area contributed by atoms with Crippen LogP contribution in [0.5, 0.6) is 11.5 Å². The van der Waals surface area contributed by atoms with Gasteiger partial charge in [0, 0.05) is 31.1 Å². The molecule has 0 amide bonds. The summed E-state index contributed by atoms with van der Waals surface area (Å²) < 4.78 is 11.6. The summed E-state index contributed by atoms with van der Waals surface area (Å²) in [5.41, 5.74) is 7.02. The van der Waals surface area contributed by atoms with E-state index < -0.39 is 0 Å². The number of hydrazone groups is 1. The van der Waals surface area contributed by atoms with Crippen molar-refractivity contribution in [2.75, 3.05) is 26.7 Å². The van der Waals surface area contributed by atoms with Gasteiger partial charge in [0.25, 0.3) is 0 Å². The molecule has 2 atom stereocenters. The molecule has 2 unspecified atom stereocenters. The Labute approximate surface area is 167 Å². The van der Waals surface area contributed by atoms with E-state index in [1.54, 1.807) is 7.11 Å². The van der Waals surface area contributed by atoms with E-state index in [1.165, 1.54) is 17.7 Å². The van der Waals surface area contributed by atoms with Crippen LogP contribution in [-0.2, 0) is 6.61 Å². The molecule has 1 fully saturated rings. The largest absolute Gasteiger partial charge is 0.493 e. The molecule has 0 saturated carbocycles. The lowest BCUT2D eigenvalue weighted by Gasteiger charge is -2.33. The van der Waals surface area contributed by atoms with Crippen molar-refractivity contribution in [3.63, 3.8) is 0 Å². The van der Waals surface area contributed by atoms with Gasteiger partial charge in [0.15, 0.2) is 11.5 Å². The summed E-state index contributed by atoms with van der Waals surface area (Å²) in [6, 6.07) is 16.6. The number of nitrogens with zero attached hydrogens (tertiary/aromatic N) is 2. The number of nitrogens with one attached hydrogen (secondary N) is 1. The fraction of sp³-hybridized carbons (Fsp3) is 0.435. The Morgan fingerprint density at radius 2 is 2.00 bits per heavy atom. The van der Waals surface area contributed by atoms with Crippen LogP contribution >= 0.6 is 0 Å². The molecule has 0 aromatic heterocycles. The molecule has 2 heterocycles. The topological polar surface area (TPSA) is 46.1 Å². The molecule has 148 valence electrons. The summed E-state index contributed by atoms with van der Waals surface area (Å²) in [7, 11) is 1.70. The first kappa shape index (κ1) is 18.8. The number of hydrogen-bond acceptors (Lipinski definition) is 5. The molecule has 5 heteroatoms. The van der Waals surface area contributed by atoms with Crippen molar-refractivity contribution in [3.05, 3.63) is 59.7 Å². The van der Waals surface area contributed by atoms with Crippen LogP contribution in [0.1, 0.15) is 36.9 Å². The Kier molecular flexibility index (Phi) is 5.81. The van der Waals surface area contributed by atoms with Gasteiger partial charge in [-0.2, -0.15) is 5.10 Å². The van der Waals surface area contributed by atoms with E-state index in [0.717, 1.165) is 43.1 Å². The van der Waals surface area contributed by atoms with E-state index in [-0.39, 0.29) is 6.04 Å². The highest BCUT2D eigenvalue weighted by atomic mass is 16.5. The average molecular weight is 380 g/mol. The van der Waals surface area contributed by atoms with E-state index >= 15 is 0 Å². The van der Waals surface area contributed by atoms with Crippen molar-refractivity contribution in [1.29, 1.82) is 0 Å². The van der Waals surface area contributed by atoms with Gasteiger partial charge in [-0.15, -0.1) is 0 Å². The Balaban J connectivity index is 1.48. The molecule has 1 N–H and O–H groups in total. The number of fused-ring (bicyclic) bond motifs is 1. The standard InChI is InChI=1S/C23H29N3O2/c1-3-12-26-13-11-20-19(15-26)23(25-24-20)18-9-10-21(22(14-18)27-2)28-16-17-7-5-4-6-8-17/h4-10,14,19,23,25H,3,11-13,15-16H2,1-2H3. The van der Waals surface area contributed by atoms with Crippen LogP contribution in [0.4, 0.5) is 0 Å². The number of rotatable bonds is 7. The van der Waals surface area contributed by atoms with Gasteiger partial charge in [0.05, 0.1) is 13.2 Å². The van der Waals surface area contributed by atoms with Crippen LogP contribution in [0.3, 0.4) is 0 Å². The van der Waals surface area contributed by atoms with Crippen molar-refractivity contribution in [2.24, 2.45) is 11.0 Å². The maximum absolute atomic E-state index is 6.01. The van der Waals surface area contributed by atoms with Crippen LogP contribution in [0, 0.1) is 5.92 Å². The van der Waals surface area contributed by atoms with Crippen LogP contribution in [0.2, 0.25) is 0 Å². The zero-order valence-electron chi connectivity index (χ0n) is 16.7. The first-order valence-electron chi connectivity index (χ1n) is 10.2. The van der Waals surface area contributed by atoms with Gasteiger partial charge in [-0.1, -0.05) is 43.3 Å². The van der Waals surface area contributed by atoms with E-state index in [1.807, 2.05) is 24.3 Å². The first-order chi connectivity index (χ1) is 13.8. The molecule has 4 rings (SSSR count). The van der Waals surface area contributed by atoms with E-state index in [9.17, 15) is 0 Å². The third-order valence-corrected chi connectivity index (χ3v) is 5.64. The second kappa shape index (κ2) is 8.65. The van der Waals surface area contributed by atoms with Crippen LogP contribution in [-0.4, -0.2) is 37.4 Å². The number of likely N-dealkylation sites (tertiary alicyclic amines) is 1. The second-order valence-electron chi connectivity index (χ2n) is 7.55. The summed E-state index contributed by atoms with van der Waals surface area (Å²) in [5, 5.41) is 4.63. The Bertz CT molecular complexity index is 822. The molecule has 0 bridgehead atoms. The van der Waals surface area contributed by atoms with Gasteiger partial charge in [-0.05, 0) is 36.2 Å². The third kappa shape index (κ3) is 3.99. The molecular formula is C23H29N3O2. The van der Waals surface area contributed by atoms with Gasteiger partial charge < -0.3 is 19.8 Å². The van der Waals surface area contributed by atoms with Crippen molar-refractivity contribution < 1.29 is 9.47 Å². The van der Waals surface area contributed by atoms with E-state index in [0.29, 0.717) is 12.5 Å². The predicted octanol–water partition coefficient (Wildman–Crippen LogP) is 4.01. The minimum atomic E-state index is 0.201. The highest BCUT2D eigenvalue weighted by molar-refractivity contribution is 5.90. The molecule has 0 aliphatic carbocycles. The number of benzene rings is 2. The highest BCUT2D eigenvalue weighted by Crippen LogP contribution is 2.37. The molecular weight excluding hydrogens is 350 g/mol. The zero-order chi connectivity index (χ0) is 19.3. The molecule has 0 spiro atoms. The van der Waals surface area contributed by atoms with Gasteiger partial charge in [-0.3, -0.25) is 0 Å². The van der Waals surface area contributed by atoms with Crippen molar-refractivity contribution in [1.82, 2.24) is 10.3 Å². The monoisotopic (exact) mass is 379 g/mol. The normalized spacial score (nSPS) is 21.6. The number of piperidine rings is 1. The Morgan fingerprint density at radius 1 is 1.14 bits per heavy atom. The van der Waals surface area contributed by atoms with Crippen LogP contribution < -0.4 is 14.9 Å². The molecule has 2 aromatic carbocycles. The maximum atomic E-state index is 6.01. The molecule has 28 heavy (non-hydrogen) atoms. The van der Waals surface area contributed by atoms with Gasteiger partial charge >= 0.3 is 0 Å². The number of hydrogen-bond donors (Lipinski definition) is 1. The number of methoxy groups -OCH3 is 1. The maximum Gasteiger partial charge on any atom is 0.161 e. The van der Waals surface area contributed by atoms with Crippen LogP contribution in [0.25, 0.3) is 0 Å². The smallest absolute Gasteiger partial charge is 0.161 e. The SMILES string of the molecule is CCCN1CCC2=NNC(c3ccc(OCc4ccccc4)c(OC)c3)C2C1.